The molecule has 1 unspecified atom stereocenters. The highest BCUT2D eigenvalue weighted by molar-refractivity contribution is 5.44. The maximum absolute atomic E-state index is 9.81. The lowest BCUT2D eigenvalue weighted by Crippen LogP contribution is -2.02. The monoisotopic (exact) mass is 208 g/mol. The molecule has 0 radical (unpaired) electrons. The predicted octanol–water partition coefficient (Wildman–Crippen LogP) is 3.15. The fourth-order valence-electron chi connectivity index (χ4n) is 1.71. The molecule has 2 nitrogen and oxygen atoms in total. The van der Waals surface area contributed by atoms with Crippen molar-refractivity contribution >= 4 is 0 Å². The van der Waals surface area contributed by atoms with Crippen LogP contribution in [0.25, 0.3) is 0 Å². The van der Waals surface area contributed by atoms with Crippen LogP contribution in [0, 0.1) is 13.8 Å². The third kappa shape index (κ3) is 2.51. The molecule has 0 bridgehead atoms. The molecule has 1 N–H and O–H groups in total. The van der Waals surface area contributed by atoms with E-state index in [9.17, 15) is 5.11 Å². The molecule has 1 aromatic rings. The van der Waals surface area contributed by atoms with E-state index in [4.69, 9.17) is 4.74 Å². The van der Waals surface area contributed by atoms with Gasteiger partial charge >= 0.3 is 0 Å². The molecule has 0 saturated carbocycles. The summed E-state index contributed by atoms with van der Waals surface area (Å²) in [6, 6.07) is 3.90. The Morgan fingerprint density at radius 1 is 1.20 bits per heavy atom. The second-order valence-electron chi connectivity index (χ2n) is 3.76. The molecule has 0 aliphatic rings. The van der Waals surface area contributed by atoms with E-state index in [0.29, 0.717) is 6.61 Å². The van der Waals surface area contributed by atoms with Gasteiger partial charge in [0.15, 0.2) is 0 Å². The molecule has 0 heterocycles. The van der Waals surface area contributed by atoms with E-state index < -0.39 is 0 Å². The van der Waals surface area contributed by atoms with Gasteiger partial charge in [-0.1, -0.05) is 13.0 Å². The average molecular weight is 208 g/mol. The van der Waals surface area contributed by atoms with Gasteiger partial charge in [0.05, 0.1) is 12.7 Å². The standard InChI is InChI=1S/C13H20O2/c1-5-12(14)11-7-8-13(15-6-2)10(4)9(11)3/h7-8,12,14H,5-6H2,1-4H3. The summed E-state index contributed by atoms with van der Waals surface area (Å²) in [5.74, 6) is 0.919. The van der Waals surface area contributed by atoms with Gasteiger partial charge in [0.2, 0.25) is 0 Å². The average Bonchev–Trinajstić information content (AvgIpc) is 2.24. The molecular formula is C13H20O2. The van der Waals surface area contributed by atoms with Crippen LogP contribution in [0.15, 0.2) is 12.1 Å². The topological polar surface area (TPSA) is 29.5 Å². The highest BCUT2D eigenvalue weighted by Gasteiger charge is 2.12. The minimum absolute atomic E-state index is 0.362. The summed E-state index contributed by atoms with van der Waals surface area (Å²) in [6.45, 7) is 8.70. The van der Waals surface area contributed by atoms with Crippen LogP contribution in [0.5, 0.6) is 5.75 Å². The minimum atomic E-state index is -0.362. The Morgan fingerprint density at radius 3 is 2.40 bits per heavy atom. The van der Waals surface area contributed by atoms with Gasteiger partial charge in [-0.2, -0.15) is 0 Å². The van der Waals surface area contributed by atoms with Crippen LogP contribution < -0.4 is 4.74 Å². The molecule has 0 fully saturated rings. The quantitative estimate of drug-likeness (QED) is 0.823. The van der Waals surface area contributed by atoms with Gasteiger partial charge in [0.1, 0.15) is 5.75 Å². The number of hydrogen-bond acceptors (Lipinski definition) is 2. The highest BCUT2D eigenvalue weighted by atomic mass is 16.5. The van der Waals surface area contributed by atoms with Gasteiger partial charge < -0.3 is 9.84 Å². The first-order valence-corrected chi connectivity index (χ1v) is 5.52. The van der Waals surface area contributed by atoms with E-state index in [0.717, 1.165) is 28.9 Å². The van der Waals surface area contributed by atoms with Crippen molar-refractivity contribution < 1.29 is 9.84 Å². The summed E-state index contributed by atoms with van der Waals surface area (Å²) < 4.78 is 5.50. The van der Waals surface area contributed by atoms with Crippen molar-refractivity contribution in [2.24, 2.45) is 0 Å². The van der Waals surface area contributed by atoms with Crippen LogP contribution in [0.1, 0.15) is 43.1 Å². The molecule has 1 rings (SSSR count). The third-order valence-corrected chi connectivity index (χ3v) is 2.82. The second kappa shape index (κ2) is 5.17. The molecule has 0 spiro atoms. The Balaban J connectivity index is 3.09. The van der Waals surface area contributed by atoms with Crippen molar-refractivity contribution in [3.05, 3.63) is 28.8 Å². The third-order valence-electron chi connectivity index (χ3n) is 2.82. The first-order valence-electron chi connectivity index (χ1n) is 5.52. The molecule has 84 valence electrons. The molecule has 0 amide bonds. The maximum Gasteiger partial charge on any atom is 0.122 e. The lowest BCUT2D eigenvalue weighted by Gasteiger charge is -2.16. The Morgan fingerprint density at radius 2 is 1.87 bits per heavy atom. The van der Waals surface area contributed by atoms with Gasteiger partial charge in [0, 0.05) is 0 Å². The van der Waals surface area contributed by atoms with Gasteiger partial charge in [-0.3, -0.25) is 0 Å². The zero-order chi connectivity index (χ0) is 11.4. The van der Waals surface area contributed by atoms with Crippen LogP contribution in [0.4, 0.5) is 0 Å². The van der Waals surface area contributed by atoms with E-state index in [1.165, 1.54) is 0 Å². The SMILES string of the molecule is CCOc1ccc(C(O)CC)c(C)c1C. The summed E-state index contributed by atoms with van der Waals surface area (Å²) in [5.41, 5.74) is 3.27. The summed E-state index contributed by atoms with van der Waals surface area (Å²) in [5, 5.41) is 9.81. The maximum atomic E-state index is 9.81. The molecular weight excluding hydrogens is 188 g/mol. The largest absolute Gasteiger partial charge is 0.494 e. The highest BCUT2D eigenvalue weighted by Crippen LogP contribution is 2.29. The smallest absolute Gasteiger partial charge is 0.122 e. The molecule has 0 aromatic heterocycles. The molecule has 1 aromatic carbocycles. The zero-order valence-electron chi connectivity index (χ0n) is 10.0. The number of benzene rings is 1. The number of hydrogen-bond donors (Lipinski definition) is 1. The van der Waals surface area contributed by atoms with Crippen LogP contribution >= 0.6 is 0 Å². The molecule has 1 atom stereocenters. The van der Waals surface area contributed by atoms with Crippen molar-refractivity contribution in [3.63, 3.8) is 0 Å². The van der Waals surface area contributed by atoms with Crippen molar-refractivity contribution in [1.82, 2.24) is 0 Å². The molecule has 0 aliphatic heterocycles. The summed E-state index contributed by atoms with van der Waals surface area (Å²) >= 11 is 0. The van der Waals surface area contributed by atoms with Crippen LogP contribution in [-0.2, 0) is 0 Å². The molecule has 15 heavy (non-hydrogen) atoms. The van der Waals surface area contributed by atoms with E-state index >= 15 is 0 Å². The fourth-order valence-corrected chi connectivity index (χ4v) is 1.71. The van der Waals surface area contributed by atoms with Gasteiger partial charge in [0.25, 0.3) is 0 Å². The molecule has 2 heteroatoms. The zero-order valence-corrected chi connectivity index (χ0v) is 10.0. The van der Waals surface area contributed by atoms with Gasteiger partial charge in [-0.25, -0.2) is 0 Å². The summed E-state index contributed by atoms with van der Waals surface area (Å²) in [6.07, 6.45) is 0.383. The summed E-state index contributed by atoms with van der Waals surface area (Å²) in [7, 11) is 0. The normalized spacial score (nSPS) is 12.6. The Labute approximate surface area is 91.9 Å². The Kier molecular flexibility index (Phi) is 4.15. The van der Waals surface area contributed by atoms with Crippen molar-refractivity contribution in [2.45, 2.75) is 40.2 Å². The lowest BCUT2D eigenvalue weighted by molar-refractivity contribution is 0.172. The first kappa shape index (κ1) is 12.1. The van der Waals surface area contributed by atoms with E-state index in [1.54, 1.807) is 0 Å². The predicted molar refractivity (Wildman–Crippen MR) is 62.3 cm³/mol. The van der Waals surface area contributed by atoms with Crippen molar-refractivity contribution in [2.75, 3.05) is 6.61 Å². The van der Waals surface area contributed by atoms with Crippen LogP contribution in [0.2, 0.25) is 0 Å². The van der Waals surface area contributed by atoms with Crippen LogP contribution in [-0.4, -0.2) is 11.7 Å². The van der Waals surface area contributed by atoms with Gasteiger partial charge in [-0.05, 0) is 49.9 Å². The fraction of sp³-hybridized carbons (Fsp3) is 0.538. The number of ether oxygens (including phenoxy) is 1. The van der Waals surface area contributed by atoms with E-state index in [2.05, 4.69) is 0 Å². The lowest BCUT2D eigenvalue weighted by atomic mass is 9.97. The number of rotatable bonds is 4. The Bertz CT molecular complexity index is 332. The molecule has 0 aliphatic carbocycles. The van der Waals surface area contributed by atoms with Gasteiger partial charge in [-0.15, -0.1) is 0 Å². The van der Waals surface area contributed by atoms with E-state index in [1.807, 2.05) is 39.8 Å². The number of aliphatic hydroxyl groups excluding tert-OH is 1. The van der Waals surface area contributed by atoms with Crippen LogP contribution in [0.3, 0.4) is 0 Å². The molecule has 0 saturated heterocycles. The van der Waals surface area contributed by atoms with Crippen molar-refractivity contribution in [1.29, 1.82) is 0 Å². The number of aliphatic hydroxyl groups is 1. The minimum Gasteiger partial charge on any atom is -0.494 e. The summed E-state index contributed by atoms with van der Waals surface area (Å²) in [4.78, 5) is 0. The van der Waals surface area contributed by atoms with E-state index in [-0.39, 0.29) is 6.10 Å². The van der Waals surface area contributed by atoms with Crippen molar-refractivity contribution in [3.8, 4) is 5.75 Å². The second-order valence-corrected chi connectivity index (χ2v) is 3.76. The first-order chi connectivity index (χ1) is 7.11. The Hall–Kier alpha value is -1.02.